The number of aromatic nitrogens is 3. The molecule has 80 valence electrons. The first kappa shape index (κ1) is 11.5. The third kappa shape index (κ3) is 2.99. The van der Waals surface area contributed by atoms with E-state index in [2.05, 4.69) is 36.3 Å². The molecule has 0 aliphatic carbocycles. The minimum atomic E-state index is 0.488. The zero-order valence-corrected chi connectivity index (χ0v) is 10.0. The lowest BCUT2D eigenvalue weighted by atomic mass is 10.2. The number of nitrogens with one attached hydrogen (secondary N) is 1. The van der Waals surface area contributed by atoms with Crippen LogP contribution in [-0.2, 0) is 7.05 Å². The molecule has 0 radical (unpaired) electrons. The van der Waals surface area contributed by atoms with E-state index >= 15 is 0 Å². The lowest BCUT2D eigenvalue weighted by molar-refractivity contribution is 0.561. The summed E-state index contributed by atoms with van der Waals surface area (Å²) in [5, 5.41) is 12.8. The summed E-state index contributed by atoms with van der Waals surface area (Å²) in [6.45, 7) is 7.52. The predicted octanol–water partition coefficient (Wildman–Crippen LogP) is 1.29. The number of thioether (sulfide) groups is 1. The molecule has 2 atom stereocenters. The molecule has 0 saturated carbocycles. The molecule has 1 N–H and O–H groups in total. The Labute approximate surface area is 89.5 Å². The van der Waals surface area contributed by atoms with Crippen molar-refractivity contribution in [1.29, 1.82) is 0 Å². The molecule has 4 nitrogen and oxygen atoms in total. The van der Waals surface area contributed by atoms with Crippen molar-refractivity contribution in [3.63, 3.8) is 0 Å². The molecule has 5 heteroatoms. The Balaban J connectivity index is 2.48. The van der Waals surface area contributed by atoms with Gasteiger partial charge in [0.1, 0.15) is 6.33 Å². The van der Waals surface area contributed by atoms with Crippen LogP contribution in [-0.4, -0.2) is 32.6 Å². The molecular formula is C9H18N4S. The fraction of sp³-hybridized carbons (Fsp3) is 0.778. The van der Waals surface area contributed by atoms with Gasteiger partial charge in [0, 0.05) is 18.3 Å². The largest absolute Gasteiger partial charge is 0.313 e. The third-order valence-corrected chi connectivity index (χ3v) is 3.55. The summed E-state index contributed by atoms with van der Waals surface area (Å²) in [5.74, 6) is 0. The maximum absolute atomic E-state index is 4.05. The van der Waals surface area contributed by atoms with Crippen LogP contribution in [0.25, 0.3) is 0 Å². The fourth-order valence-corrected chi connectivity index (χ4v) is 2.08. The van der Waals surface area contributed by atoms with Crippen molar-refractivity contribution < 1.29 is 0 Å². The molecule has 1 aromatic heterocycles. The Morgan fingerprint density at radius 3 is 2.79 bits per heavy atom. The average Bonchev–Trinajstić information content (AvgIpc) is 2.52. The van der Waals surface area contributed by atoms with E-state index in [9.17, 15) is 0 Å². The first-order chi connectivity index (χ1) is 6.65. The average molecular weight is 214 g/mol. The fourth-order valence-electron chi connectivity index (χ4n) is 1.14. The summed E-state index contributed by atoms with van der Waals surface area (Å²) in [6.07, 6.45) is 1.73. The highest BCUT2D eigenvalue weighted by atomic mass is 32.2. The van der Waals surface area contributed by atoms with Crippen molar-refractivity contribution in [1.82, 2.24) is 20.1 Å². The van der Waals surface area contributed by atoms with Crippen LogP contribution < -0.4 is 5.32 Å². The van der Waals surface area contributed by atoms with Gasteiger partial charge in [0.05, 0.1) is 0 Å². The zero-order chi connectivity index (χ0) is 10.6. The minimum absolute atomic E-state index is 0.488. The summed E-state index contributed by atoms with van der Waals surface area (Å²) in [4.78, 5) is 0. The Hall–Kier alpha value is -0.550. The Kier molecular flexibility index (Phi) is 4.41. The molecule has 0 aromatic carbocycles. The minimum Gasteiger partial charge on any atom is -0.313 e. The summed E-state index contributed by atoms with van der Waals surface area (Å²) >= 11 is 1.75. The van der Waals surface area contributed by atoms with E-state index in [1.807, 2.05) is 11.6 Å². The van der Waals surface area contributed by atoms with Crippen LogP contribution in [0, 0.1) is 0 Å². The van der Waals surface area contributed by atoms with Crippen LogP contribution in [0.2, 0.25) is 0 Å². The summed E-state index contributed by atoms with van der Waals surface area (Å²) in [7, 11) is 1.97. The third-order valence-electron chi connectivity index (χ3n) is 2.19. The molecule has 0 amide bonds. The zero-order valence-electron chi connectivity index (χ0n) is 9.19. The van der Waals surface area contributed by atoms with Gasteiger partial charge in [0.2, 0.25) is 0 Å². The Morgan fingerprint density at radius 2 is 2.29 bits per heavy atom. The van der Waals surface area contributed by atoms with E-state index in [-0.39, 0.29) is 0 Å². The van der Waals surface area contributed by atoms with Gasteiger partial charge in [0.15, 0.2) is 5.16 Å². The van der Waals surface area contributed by atoms with E-state index in [1.54, 1.807) is 18.1 Å². The molecule has 0 spiro atoms. The monoisotopic (exact) mass is 214 g/mol. The van der Waals surface area contributed by atoms with Crippen LogP contribution in [0.1, 0.15) is 20.8 Å². The number of hydrogen-bond acceptors (Lipinski definition) is 4. The molecular weight excluding hydrogens is 196 g/mol. The second kappa shape index (κ2) is 5.36. The predicted molar refractivity (Wildman–Crippen MR) is 59.5 cm³/mol. The maximum atomic E-state index is 4.05. The van der Waals surface area contributed by atoms with Gasteiger partial charge in [0.25, 0.3) is 0 Å². The summed E-state index contributed by atoms with van der Waals surface area (Å²) in [5.41, 5.74) is 0. The highest BCUT2D eigenvalue weighted by molar-refractivity contribution is 7.99. The highest BCUT2D eigenvalue weighted by Crippen LogP contribution is 2.22. The number of hydrogen-bond donors (Lipinski definition) is 1. The maximum Gasteiger partial charge on any atom is 0.191 e. The highest BCUT2D eigenvalue weighted by Gasteiger charge is 2.14. The van der Waals surface area contributed by atoms with Crippen LogP contribution in [0.5, 0.6) is 0 Å². The standard InChI is InChI=1S/C9H18N4S/c1-5-10-7(2)8(3)14-9-12-11-6-13(9)4/h6-8,10H,5H2,1-4H3. The summed E-state index contributed by atoms with van der Waals surface area (Å²) in [6, 6.07) is 0.488. The molecule has 1 rings (SSSR count). The molecule has 0 bridgehead atoms. The van der Waals surface area contributed by atoms with Crippen molar-refractivity contribution >= 4 is 11.8 Å². The van der Waals surface area contributed by atoms with Crippen LogP contribution >= 0.6 is 11.8 Å². The molecule has 0 aliphatic heterocycles. The number of nitrogens with zero attached hydrogens (tertiary/aromatic N) is 3. The van der Waals surface area contributed by atoms with E-state index in [4.69, 9.17) is 0 Å². The van der Waals surface area contributed by atoms with Gasteiger partial charge in [-0.1, -0.05) is 25.6 Å². The van der Waals surface area contributed by atoms with Gasteiger partial charge in [-0.3, -0.25) is 0 Å². The molecule has 0 saturated heterocycles. The van der Waals surface area contributed by atoms with Crippen molar-refractivity contribution in [2.75, 3.05) is 6.54 Å². The molecule has 0 aliphatic rings. The van der Waals surface area contributed by atoms with Crippen molar-refractivity contribution in [3.8, 4) is 0 Å². The van der Waals surface area contributed by atoms with E-state index in [1.165, 1.54) is 0 Å². The van der Waals surface area contributed by atoms with Crippen LogP contribution in [0.3, 0.4) is 0 Å². The molecule has 0 fully saturated rings. The van der Waals surface area contributed by atoms with Crippen LogP contribution in [0.15, 0.2) is 11.5 Å². The van der Waals surface area contributed by atoms with E-state index < -0.39 is 0 Å². The second-order valence-corrected chi connectivity index (χ2v) is 4.74. The summed E-state index contributed by atoms with van der Waals surface area (Å²) < 4.78 is 1.94. The van der Waals surface area contributed by atoms with E-state index in [0.29, 0.717) is 11.3 Å². The first-order valence-corrected chi connectivity index (χ1v) is 5.77. The number of rotatable bonds is 5. The lowest BCUT2D eigenvalue weighted by Gasteiger charge is -2.19. The van der Waals surface area contributed by atoms with Crippen molar-refractivity contribution in [3.05, 3.63) is 6.33 Å². The van der Waals surface area contributed by atoms with Crippen LogP contribution in [0.4, 0.5) is 0 Å². The normalized spacial score (nSPS) is 15.4. The Bertz CT molecular complexity index is 274. The first-order valence-electron chi connectivity index (χ1n) is 4.89. The van der Waals surface area contributed by atoms with Gasteiger partial charge in [-0.05, 0) is 13.5 Å². The number of aryl methyl sites for hydroxylation is 1. The van der Waals surface area contributed by atoms with Gasteiger partial charge < -0.3 is 9.88 Å². The Morgan fingerprint density at radius 1 is 1.57 bits per heavy atom. The quantitative estimate of drug-likeness (QED) is 0.750. The smallest absolute Gasteiger partial charge is 0.191 e. The van der Waals surface area contributed by atoms with E-state index in [0.717, 1.165) is 11.7 Å². The SMILES string of the molecule is CCNC(C)C(C)Sc1nncn1C. The molecule has 1 aromatic rings. The van der Waals surface area contributed by atoms with Gasteiger partial charge in [-0.25, -0.2) is 0 Å². The van der Waals surface area contributed by atoms with Gasteiger partial charge >= 0.3 is 0 Å². The molecule has 14 heavy (non-hydrogen) atoms. The lowest BCUT2D eigenvalue weighted by Crippen LogP contribution is -2.33. The second-order valence-electron chi connectivity index (χ2n) is 3.39. The van der Waals surface area contributed by atoms with Crippen molar-refractivity contribution in [2.45, 2.75) is 37.2 Å². The molecule has 1 heterocycles. The topological polar surface area (TPSA) is 42.7 Å². The van der Waals surface area contributed by atoms with Gasteiger partial charge in [-0.15, -0.1) is 10.2 Å². The molecule has 2 unspecified atom stereocenters. The van der Waals surface area contributed by atoms with Crippen molar-refractivity contribution in [2.24, 2.45) is 7.05 Å². The van der Waals surface area contributed by atoms with Gasteiger partial charge in [-0.2, -0.15) is 0 Å².